The molecule has 1 aliphatic heterocycles. The summed E-state index contributed by atoms with van der Waals surface area (Å²) in [6.07, 6.45) is 3.59. The number of halogens is 4. The highest BCUT2D eigenvalue weighted by Gasteiger charge is 2.21. The Bertz CT molecular complexity index is 1080. The topological polar surface area (TPSA) is 9.23 Å². The molecular weight excluding hydrogens is 416 g/mol. The summed E-state index contributed by atoms with van der Waals surface area (Å²) in [5, 5.41) is 0. The monoisotopic (exact) mass is 440 g/mol. The standard InChI is InChI=1S/C27H24F4O/c1-3-17-4-9-27(32-15-17)20-7-5-19(6-8-20)21-13-25(30)22(26(31)14-21)10-18-11-23(28)16(2)24(29)12-18/h3,5-8,11-14,17,27H,1,4,9-10,15H2,2H3. The molecule has 5 heteroatoms. The maximum Gasteiger partial charge on any atom is 0.130 e. The van der Waals surface area contributed by atoms with Gasteiger partial charge in [0.05, 0.1) is 12.7 Å². The van der Waals surface area contributed by atoms with E-state index in [0.717, 1.165) is 30.5 Å². The molecular formula is C27H24F4O. The molecule has 1 heterocycles. The second-order valence-electron chi connectivity index (χ2n) is 8.30. The number of ether oxygens (including phenoxy) is 1. The Morgan fingerprint density at radius 3 is 2.03 bits per heavy atom. The van der Waals surface area contributed by atoms with E-state index in [-0.39, 0.29) is 29.2 Å². The molecule has 0 amide bonds. The van der Waals surface area contributed by atoms with Gasteiger partial charge in [0, 0.05) is 23.5 Å². The van der Waals surface area contributed by atoms with Crippen molar-refractivity contribution in [1.82, 2.24) is 0 Å². The Hall–Kier alpha value is -2.92. The molecule has 1 fully saturated rings. The van der Waals surface area contributed by atoms with Crippen molar-refractivity contribution < 1.29 is 22.3 Å². The predicted octanol–water partition coefficient (Wildman–Crippen LogP) is 7.46. The van der Waals surface area contributed by atoms with E-state index in [4.69, 9.17) is 4.74 Å². The Morgan fingerprint density at radius 1 is 0.875 bits per heavy atom. The number of rotatable bonds is 5. The first-order valence-corrected chi connectivity index (χ1v) is 10.6. The van der Waals surface area contributed by atoms with E-state index in [0.29, 0.717) is 23.7 Å². The summed E-state index contributed by atoms with van der Waals surface area (Å²) in [4.78, 5) is 0. The lowest BCUT2D eigenvalue weighted by molar-refractivity contribution is -0.00513. The molecule has 4 rings (SSSR count). The zero-order valence-electron chi connectivity index (χ0n) is 17.8. The van der Waals surface area contributed by atoms with E-state index in [1.807, 2.05) is 30.3 Å². The summed E-state index contributed by atoms with van der Waals surface area (Å²) in [5.74, 6) is -2.60. The van der Waals surface area contributed by atoms with Crippen LogP contribution >= 0.6 is 0 Å². The highest BCUT2D eigenvalue weighted by Crippen LogP contribution is 2.33. The van der Waals surface area contributed by atoms with Crippen molar-refractivity contribution in [3.63, 3.8) is 0 Å². The second kappa shape index (κ2) is 9.29. The van der Waals surface area contributed by atoms with Crippen LogP contribution in [0.1, 0.15) is 41.2 Å². The molecule has 1 aliphatic rings. The van der Waals surface area contributed by atoms with Crippen molar-refractivity contribution in [2.75, 3.05) is 6.61 Å². The smallest absolute Gasteiger partial charge is 0.130 e. The predicted molar refractivity (Wildman–Crippen MR) is 117 cm³/mol. The van der Waals surface area contributed by atoms with E-state index in [2.05, 4.69) is 6.58 Å². The Kier molecular flexibility index (Phi) is 6.47. The van der Waals surface area contributed by atoms with Crippen LogP contribution in [0, 0.1) is 36.1 Å². The Labute approximate surface area is 185 Å². The van der Waals surface area contributed by atoms with E-state index < -0.39 is 23.3 Å². The molecule has 0 aromatic heterocycles. The third kappa shape index (κ3) is 4.63. The van der Waals surface area contributed by atoms with Gasteiger partial charge in [-0.15, -0.1) is 6.58 Å². The molecule has 0 N–H and O–H groups in total. The normalized spacial score (nSPS) is 18.5. The zero-order valence-corrected chi connectivity index (χ0v) is 17.8. The maximum absolute atomic E-state index is 14.7. The highest BCUT2D eigenvalue weighted by molar-refractivity contribution is 5.64. The first-order valence-electron chi connectivity index (χ1n) is 10.6. The van der Waals surface area contributed by atoms with Crippen LogP contribution in [-0.4, -0.2) is 6.61 Å². The molecule has 0 radical (unpaired) electrons. The third-order valence-electron chi connectivity index (χ3n) is 6.12. The second-order valence-corrected chi connectivity index (χ2v) is 8.30. The van der Waals surface area contributed by atoms with Gasteiger partial charge in [-0.3, -0.25) is 0 Å². The van der Waals surface area contributed by atoms with Gasteiger partial charge in [-0.05, 0) is 66.3 Å². The van der Waals surface area contributed by atoms with Crippen molar-refractivity contribution in [2.24, 2.45) is 5.92 Å². The van der Waals surface area contributed by atoms with Gasteiger partial charge in [-0.2, -0.15) is 0 Å². The van der Waals surface area contributed by atoms with Crippen LogP contribution in [0.5, 0.6) is 0 Å². The fraction of sp³-hybridized carbons (Fsp3) is 0.259. The highest BCUT2D eigenvalue weighted by atomic mass is 19.1. The van der Waals surface area contributed by atoms with E-state index >= 15 is 0 Å². The third-order valence-corrected chi connectivity index (χ3v) is 6.12. The Balaban J connectivity index is 1.53. The van der Waals surface area contributed by atoms with Crippen LogP contribution in [-0.2, 0) is 11.2 Å². The molecule has 0 spiro atoms. The summed E-state index contributed by atoms with van der Waals surface area (Å²) in [5.41, 5.74) is 1.93. The fourth-order valence-corrected chi connectivity index (χ4v) is 4.05. The van der Waals surface area contributed by atoms with Crippen LogP contribution in [0.3, 0.4) is 0 Å². The van der Waals surface area contributed by atoms with E-state index in [9.17, 15) is 17.6 Å². The van der Waals surface area contributed by atoms with Crippen molar-refractivity contribution in [1.29, 1.82) is 0 Å². The van der Waals surface area contributed by atoms with Crippen LogP contribution in [0.2, 0.25) is 0 Å². The molecule has 0 bridgehead atoms. The average molecular weight is 440 g/mol. The van der Waals surface area contributed by atoms with Crippen molar-refractivity contribution in [3.8, 4) is 11.1 Å². The molecule has 2 unspecified atom stereocenters. The minimum Gasteiger partial charge on any atom is -0.373 e. The summed E-state index contributed by atoms with van der Waals surface area (Å²) in [6.45, 7) is 5.76. The zero-order chi connectivity index (χ0) is 22.8. The minimum absolute atomic E-state index is 0.00592. The quantitative estimate of drug-likeness (QED) is 0.295. The molecule has 1 nitrogen and oxygen atoms in total. The molecule has 3 aromatic carbocycles. The molecule has 32 heavy (non-hydrogen) atoms. The number of benzene rings is 3. The number of hydrogen-bond acceptors (Lipinski definition) is 1. The summed E-state index contributed by atoms with van der Waals surface area (Å²) < 4.78 is 63.0. The molecule has 2 atom stereocenters. The van der Waals surface area contributed by atoms with E-state index in [1.54, 1.807) is 0 Å². The molecule has 166 valence electrons. The summed E-state index contributed by atoms with van der Waals surface area (Å²) >= 11 is 0. The number of hydrogen-bond donors (Lipinski definition) is 0. The van der Waals surface area contributed by atoms with Gasteiger partial charge in [0.25, 0.3) is 0 Å². The van der Waals surface area contributed by atoms with Crippen LogP contribution in [0.4, 0.5) is 17.6 Å². The molecule has 0 saturated carbocycles. The van der Waals surface area contributed by atoms with Crippen LogP contribution < -0.4 is 0 Å². The lowest BCUT2D eigenvalue weighted by Crippen LogP contribution is -2.19. The summed E-state index contributed by atoms with van der Waals surface area (Å²) in [6, 6.07) is 12.2. The average Bonchev–Trinajstić information content (AvgIpc) is 2.80. The van der Waals surface area contributed by atoms with Crippen LogP contribution in [0.25, 0.3) is 11.1 Å². The largest absolute Gasteiger partial charge is 0.373 e. The van der Waals surface area contributed by atoms with Gasteiger partial charge in [-0.25, -0.2) is 17.6 Å². The van der Waals surface area contributed by atoms with Crippen molar-refractivity contribution in [2.45, 2.75) is 32.3 Å². The molecule has 3 aromatic rings. The van der Waals surface area contributed by atoms with Gasteiger partial charge in [0.2, 0.25) is 0 Å². The minimum atomic E-state index is -0.753. The van der Waals surface area contributed by atoms with E-state index in [1.165, 1.54) is 19.1 Å². The van der Waals surface area contributed by atoms with Crippen molar-refractivity contribution >= 4 is 0 Å². The van der Waals surface area contributed by atoms with Gasteiger partial charge in [-0.1, -0.05) is 30.3 Å². The van der Waals surface area contributed by atoms with Gasteiger partial charge in [0.1, 0.15) is 23.3 Å². The first-order chi connectivity index (χ1) is 15.4. The van der Waals surface area contributed by atoms with Gasteiger partial charge >= 0.3 is 0 Å². The van der Waals surface area contributed by atoms with Crippen molar-refractivity contribution in [3.05, 3.63) is 107 Å². The summed E-state index contributed by atoms with van der Waals surface area (Å²) in [7, 11) is 0. The lowest BCUT2D eigenvalue weighted by atomic mass is 9.93. The Morgan fingerprint density at radius 2 is 1.50 bits per heavy atom. The van der Waals surface area contributed by atoms with Gasteiger partial charge < -0.3 is 4.74 Å². The maximum atomic E-state index is 14.7. The lowest BCUT2D eigenvalue weighted by Gasteiger charge is -2.27. The first kappa shape index (κ1) is 22.3. The molecule has 1 saturated heterocycles. The SMILES string of the molecule is C=CC1CCC(c2ccc(-c3cc(F)c(Cc4cc(F)c(C)c(F)c4)c(F)c3)cc2)OC1. The molecule has 0 aliphatic carbocycles. The van der Waals surface area contributed by atoms with Gasteiger partial charge in [0.15, 0.2) is 0 Å². The van der Waals surface area contributed by atoms with Crippen LogP contribution in [0.15, 0.2) is 61.2 Å². The fourth-order valence-electron chi connectivity index (χ4n) is 4.05.